The van der Waals surface area contributed by atoms with Crippen LogP contribution >= 0.6 is 12.4 Å². The number of aromatic nitrogens is 2. The molecule has 0 radical (unpaired) electrons. The Morgan fingerprint density at radius 1 is 1.15 bits per heavy atom. The van der Waals surface area contributed by atoms with E-state index in [0.29, 0.717) is 12.8 Å². The van der Waals surface area contributed by atoms with Gasteiger partial charge in [0.15, 0.2) is 23.3 Å². The van der Waals surface area contributed by atoms with Crippen LogP contribution in [0.3, 0.4) is 0 Å². The standard InChI is InChI=1S/C12H10F3N3O.ClH/c13-7-3-2-6(8(14)9(7)15)10-17-11(18-19-10)12(16)4-1-5-12;/h2-3H,1,4-5,16H2;1H. The second-order valence-electron chi connectivity index (χ2n) is 4.66. The lowest BCUT2D eigenvalue weighted by molar-refractivity contribution is 0.229. The van der Waals surface area contributed by atoms with E-state index in [1.807, 2.05) is 0 Å². The van der Waals surface area contributed by atoms with Gasteiger partial charge in [-0.25, -0.2) is 13.2 Å². The molecule has 2 N–H and O–H groups in total. The van der Waals surface area contributed by atoms with Crippen LogP contribution in [0.4, 0.5) is 13.2 Å². The molecule has 1 aliphatic carbocycles. The number of rotatable bonds is 2. The molecule has 0 spiro atoms. The first-order chi connectivity index (χ1) is 9.01. The normalized spacial score (nSPS) is 16.4. The zero-order valence-electron chi connectivity index (χ0n) is 10.2. The molecular weight excluding hydrogens is 295 g/mol. The molecule has 0 amide bonds. The maximum atomic E-state index is 13.6. The smallest absolute Gasteiger partial charge is 0.261 e. The summed E-state index contributed by atoms with van der Waals surface area (Å²) >= 11 is 0. The van der Waals surface area contributed by atoms with Gasteiger partial charge in [0.25, 0.3) is 5.89 Å². The Labute approximate surface area is 118 Å². The van der Waals surface area contributed by atoms with Gasteiger partial charge in [0.1, 0.15) is 0 Å². The van der Waals surface area contributed by atoms with Gasteiger partial charge in [-0.3, -0.25) is 0 Å². The molecule has 2 aromatic rings. The molecule has 4 nitrogen and oxygen atoms in total. The van der Waals surface area contributed by atoms with Crippen molar-refractivity contribution in [2.45, 2.75) is 24.8 Å². The molecule has 0 bridgehead atoms. The second-order valence-corrected chi connectivity index (χ2v) is 4.66. The molecule has 1 aromatic heterocycles. The van der Waals surface area contributed by atoms with Crippen LogP contribution in [0.25, 0.3) is 11.5 Å². The van der Waals surface area contributed by atoms with Crippen molar-refractivity contribution < 1.29 is 17.7 Å². The highest BCUT2D eigenvalue weighted by Crippen LogP contribution is 2.38. The number of nitrogens with two attached hydrogens (primary N) is 1. The Kier molecular flexibility index (Phi) is 3.75. The van der Waals surface area contributed by atoms with Gasteiger partial charge in [-0.2, -0.15) is 4.98 Å². The number of nitrogens with zero attached hydrogens (tertiary/aromatic N) is 2. The van der Waals surface area contributed by atoms with Gasteiger partial charge in [0.2, 0.25) is 0 Å². The highest BCUT2D eigenvalue weighted by atomic mass is 35.5. The highest BCUT2D eigenvalue weighted by molar-refractivity contribution is 5.85. The van der Waals surface area contributed by atoms with Crippen LogP contribution in [0.2, 0.25) is 0 Å². The number of halogens is 4. The monoisotopic (exact) mass is 305 g/mol. The summed E-state index contributed by atoms with van der Waals surface area (Å²) < 4.78 is 44.4. The van der Waals surface area contributed by atoms with E-state index in [0.717, 1.165) is 18.6 Å². The van der Waals surface area contributed by atoms with Gasteiger partial charge < -0.3 is 10.3 Å². The molecule has 0 atom stereocenters. The Hall–Kier alpha value is -1.60. The lowest BCUT2D eigenvalue weighted by atomic mass is 9.77. The third-order valence-corrected chi connectivity index (χ3v) is 3.38. The van der Waals surface area contributed by atoms with Gasteiger partial charge in [0, 0.05) is 0 Å². The van der Waals surface area contributed by atoms with E-state index in [9.17, 15) is 13.2 Å². The topological polar surface area (TPSA) is 64.9 Å². The van der Waals surface area contributed by atoms with Gasteiger partial charge in [0.05, 0.1) is 11.1 Å². The van der Waals surface area contributed by atoms with Crippen LogP contribution in [0.1, 0.15) is 25.1 Å². The van der Waals surface area contributed by atoms with Crippen LogP contribution in [0, 0.1) is 17.5 Å². The van der Waals surface area contributed by atoms with Crippen LogP contribution < -0.4 is 5.73 Å². The van der Waals surface area contributed by atoms with Crippen molar-refractivity contribution in [1.29, 1.82) is 0 Å². The Bertz CT molecular complexity index is 643. The fourth-order valence-corrected chi connectivity index (χ4v) is 2.01. The lowest BCUT2D eigenvalue weighted by Crippen LogP contribution is -2.44. The fraction of sp³-hybridized carbons (Fsp3) is 0.333. The summed E-state index contributed by atoms with van der Waals surface area (Å²) in [7, 11) is 0. The van der Waals surface area contributed by atoms with E-state index < -0.39 is 23.0 Å². The first-order valence-electron chi connectivity index (χ1n) is 5.78. The summed E-state index contributed by atoms with van der Waals surface area (Å²) in [5, 5.41) is 3.69. The summed E-state index contributed by atoms with van der Waals surface area (Å²) in [6, 6.07) is 1.86. The van der Waals surface area contributed by atoms with Crippen molar-refractivity contribution in [2.24, 2.45) is 5.73 Å². The van der Waals surface area contributed by atoms with Crippen LogP contribution in [0.15, 0.2) is 16.7 Å². The van der Waals surface area contributed by atoms with Gasteiger partial charge in [-0.1, -0.05) is 5.16 Å². The SMILES string of the molecule is Cl.NC1(c2noc(-c3ccc(F)c(F)c3F)n2)CCC1. The zero-order valence-corrected chi connectivity index (χ0v) is 11.0. The van der Waals surface area contributed by atoms with Crippen molar-refractivity contribution in [2.75, 3.05) is 0 Å². The summed E-state index contributed by atoms with van der Waals surface area (Å²) in [4.78, 5) is 3.97. The molecule has 1 aliphatic rings. The summed E-state index contributed by atoms with van der Waals surface area (Å²) in [5.74, 6) is -4.13. The third-order valence-electron chi connectivity index (χ3n) is 3.38. The van der Waals surface area contributed by atoms with E-state index in [2.05, 4.69) is 10.1 Å². The molecule has 0 unspecified atom stereocenters. The molecule has 20 heavy (non-hydrogen) atoms. The molecule has 108 valence electrons. The third kappa shape index (κ3) is 2.16. The Morgan fingerprint density at radius 2 is 1.85 bits per heavy atom. The van der Waals surface area contributed by atoms with Crippen molar-refractivity contribution in [1.82, 2.24) is 10.1 Å². The van der Waals surface area contributed by atoms with E-state index in [1.54, 1.807) is 0 Å². The number of hydrogen-bond donors (Lipinski definition) is 1. The minimum atomic E-state index is -1.57. The highest BCUT2D eigenvalue weighted by Gasteiger charge is 2.39. The number of hydrogen-bond acceptors (Lipinski definition) is 4. The molecular formula is C12H11ClF3N3O. The van der Waals surface area contributed by atoms with E-state index in [1.165, 1.54) is 0 Å². The Balaban J connectivity index is 0.00000147. The van der Waals surface area contributed by atoms with Gasteiger partial charge in [-0.15, -0.1) is 12.4 Å². The second kappa shape index (κ2) is 5.06. The van der Waals surface area contributed by atoms with Crippen molar-refractivity contribution >= 4 is 12.4 Å². The average molecular weight is 306 g/mol. The van der Waals surface area contributed by atoms with E-state index in [-0.39, 0.29) is 29.7 Å². The molecule has 1 heterocycles. The van der Waals surface area contributed by atoms with Crippen molar-refractivity contribution in [3.8, 4) is 11.5 Å². The molecule has 1 aromatic carbocycles. The maximum absolute atomic E-state index is 13.6. The molecule has 1 fully saturated rings. The number of benzene rings is 1. The fourth-order valence-electron chi connectivity index (χ4n) is 2.01. The van der Waals surface area contributed by atoms with E-state index >= 15 is 0 Å². The quantitative estimate of drug-likeness (QED) is 0.866. The summed E-state index contributed by atoms with van der Waals surface area (Å²) in [6.45, 7) is 0. The van der Waals surface area contributed by atoms with Crippen LogP contribution in [0.5, 0.6) is 0 Å². The van der Waals surface area contributed by atoms with Crippen LogP contribution in [-0.2, 0) is 5.54 Å². The average Bonchev–Trinajstić information content (AvgIpc) is 2.83. The molecule has 1 saturated carbocycles. The van der Waals surface area contributed by atoms with Crippen LogP contribution in [-0.4, -0.2) is 10.1 Å². The lowest BCUT2D eigenvalue weighted by Gasteiger charge is -2.34. The minimum absolute atomic E-state index is 0. The minimum Gasteiger partial charge on any atom is -0.334 e. The molecule has 0 aliphatic heterocycles. The predicted octanol–water partition coefficient (Wildman–Crippen LogP) is 2.91. The van der Waals surface area contributed by atoms with Gasteiger partial charge >= 0.3 is 0 Å². The summed E-state index contributed by atoms with van der Waals surface area (Å²) in [5.41, 5.74) is 5.06. The molecule has 3 rings (SSSR count). The van der Waals surface area contributed by atoms with Crippen molar-refractivity contribution in [3.05, 3.63) is 35.4 Å². The van der Waals surface area contributed by atoms with E-state index in [4.69, 9.17) is 10.3 Å². The summed E-state index contributed by atoms with van der Waals surface area (Å²) in [6.07, 6.45) is 2.39. The largest absolute Gasteiger partial charge is 0.334 e. The molecule has 8 heteroatoms. The first kappa shape index (κ1) is 14.8. The van der Waals surface area contributed by atoms with Gasteiger partial charge in [-0.05, 0) is 31.4 Å². The molecule has 0 saturated heterocycles. The predicted molar refractivity (Wildman–Crippen MR) is 66.6 cm³/mol. The Morgan fingerprint density at radius 3 is 2.45 bits per heavy atom. The maximum Gasteiger partial charge on any atom is 0.261 e. The zero-order chi connectivity index (χ0) is 13.6. The first-order valence-corrected chi connectivity index (χ1v) is 5.78. The van der Waals surface area contributed by atoms with Crippen molar-refractivity contribution in [3.63, 3.8) is 0 Å².